The number of fused-ring (bicyclic) bond motifs is 1. The minimum Gasteiger partial charge on any atom is -0.381 e. The molecule has 1 aromatic heterocycles. The molecule has 4 heterocycles. The van der Waals surface area contributed by atoms with E-state index in [2.05, 4.69) is 15.2 Å². The van der Waals surface area contributed by atoms with E-state index in [1.807, 2.05) is 18.2 Å². The van der Waals surface area contributed by atoms with Crippen molar-refractivity contribution in [2.75, 3.05) is 39.5 Å². The first-order valence-electron chi connectivity index (χ1n) is 9.39. The van der Waals surface area contributed by atoms with Crippen molar-refractivity contribution in [2.24, 2.45) is 17.8 Å². The van der Waals surface area contributed by atoms with Gasteiger partial charge in [-0.2, -0.15) is 0 Å². The fraction of sp³-hybridized carbons (Fsp3) is 0.684. The van der Waals surface area contributed by atoms with Gasteiger partial charge in [-0.15, -0.1) is 0 Å². The Balaban J connectivity index is 1.28. The van der Waals surface area contributed by atoms with E-state index in [0.29, 0.717) is 19.1 Å². The fourth-order valence-electron chi connectivity index (χ4n) is 4.32. The van der Waals surface area contributed by atoms with Crippen LogP contribution < -0.4 is 5.32 Å². The average Bonchev–Trinajstić information content (AvgIpc) is 3.21. The fourth-order valence-corrected chi connectivity index (χ4v) is 4.32. The summed E-state index contributed by atoms with van der Waals surface area (Å²) >= 11 is 0. The van der Waals surface area contributed by atoms with E-state index < -0.39 is 0 Å². The summed E-state index contributed by atoms with van der Waals surface area (Å²) in [4.78, 5) is 19.4. The van der Waals surface area contributed by atoms with Gasteiger partial charge < -0.3 is 19.7 Å². The lowest BCUT2D eigenvalue weighted by Crippen LogP contribution is -2.37. The second-order valence-electron chi connectivity index (χ2n) is 7.46. The van der Waals surface area contributed by atoms with Crippen LogP contribution in [0.3, 0.4) is 0 Å². The van der Waals surface area contributed by atoms with Crippen molar-refractivity contribution in [3.8, 4) is 0 Å². The highest BCUT2D eigenvalue weighted by Gasteiger charge is 2.46. The molecule has 3 saturated heterocycles. The predicted molar refractivity (Wildman–Crippen MR) is 92.8 cm³/mol. The van der Waals surface area contributed by atoms with Gasteiger partial charge in [-0.1, -0.05) is 6.07 Å². The molecule has 1 aromatic rings. The van der Waals surface area contributed by atoms with Gasteiger partial charge in [0, 0.05) is 45.0 Å². The number of hydrogen-bond acceptors (Lipinski definition) is 5. The molecule has 0 unspecified atom stereocenters. The summed E-state index contributed by atoms with van der Waals surface area (Å²) in [6, 6.07) is 5.75. The highest BCUT2D eigenvalue weighted by atomic mass is 16.5. The predicted octanol–water partition coefficient (Wildman–Crippen LogP) is 1.07. The molecule has 3 fully saturated rings. The maximum absolute atomic E-state index is 12.6. The van der Waals surface area contributed by atoms with Gasteiger partial charge in [-0.05, 0) is 30.9 Å². The average molecular weight is 345 g/mol. The van der Waals surface area contributed by atoms with E-state index in [0.717, 1.165) is 57.3 Å². The van der Waals surface area contributed by atoms with Crippen LogP contribution in [0.1, 0.15) is 18.5 Å². The van der Waals surface area contributed by atoms with Gasteiger partial charge >= 0.3 is 0 Å². The first-order valence-corrected chi connectivity index (χ1v) is 9.39. The molecule has 0 spiro atoms. The Morgan fingerprint density at radius 3 is 2.96 bits per heavy atom. The van der Waals surface area contributed by atoms with E-state index >= 15 is 0 Å². The summed E-state index contributed by atoms with van der Waals surface area (Å²) < 4.78 is 11.4. The van der Waals surface area contributed by atoms with E-state index in [4.69, 9.17) is 9.47 Å². The molecular formula is C19H27N3O3. The number of nitrogens with one attached hydrogen (secondary N) is 1. The van der Waals surface area contributed by atoms with Gasteiger partial charge in [-0.25, -0.2) is 0 Å². The minimum absolute atomic E-state index is 0.0339. The number of pyridine rings is 1. The van der Waals surface area contributed by atoms with Crippen LogP contribution in [0.4, 0.5) is 0 Å². The highest BCUT2D eigenvalue weighted by Crippen LogP contribution is 2.34. The summed E-state index contributed by atoms with van der Waals surface area (Å²) in [5.41, 5.74) is 0.888. The Labute approximate surface area is 148 Å². The number of carbonyl (C=O) groups is 1. The monoisotopic (exact) mass is 345 g/mol. The third-order valence-electron chi connectivity index (χ3n) is 5.76. The Morgan fingerprint density at radius 1 is 1.28 bits per heavy atom. The molecule has 3 aliphatic rings. The van der Waals surface area contributed by atoms with Crippen LogP contribution >= 0.6 is 0 Å². The lowest BCUT2D eigenvalue weighted by molar-refractivity contribution is -0.126. The van der Waals surface area contributed by atoms with Gasteiger partial charge in [0.05, 0.1) is 30.9 Å². The molecule has 1 N–H and O–H groups in total. The second-order valence-corrected chi connectivity index (χ2v) is 7.46. The van der Waals surface area contributed by atoms with Gasteiger partial charge in [0.1, 0.15) is 0 Å². The first-order chi connectivity index (χ1) is 12.3. The van der Waals surface area contributed by atoms with Crippen LogP contribution in [0.25, 0.3) is 0 Å². The van der Waals surface area contributed by atoms with Crippen molar-refractivity contribution in [1.82, 2.24) is 15.2 Å². The number of aromatic nitrogens is 1. The topological polar surface area (TPSA) is 63.7 Å². The second kappa shape index (κ2) is 7.81. The van der Waals surface area contributed by atoms with Gasteiger partial charge in [-0.3, -0.25) is 9.78 Å². The Morgan fingerprint density at radius 2 is 2.16 bits per heavy atom. The van der Waals surface area contributed by atoms with Gasteiger partial charge in [0.2, 0.25) is 5.91 Å². The largest absolute Gasteiger partial charge is 0.381 e. The Bertz CT molecular complexity index is 577. The van der Waals surface area contributed by atoms with Crippen molar-refractivity contribution in [3.05, 3.63) is 30.1 Å². The maximum atomic E-state index is 12.6. The maximum Gasteiger partial charge on any atom is 0.226 e. The Hall–Kier alpha value is -1.50. The molecule has 1 amide bonds. The molecule has 0 aliphatic carbocycles. The molecular weight excluding hydrogens is 318 g/mol. The molecule has 25 heavy (non-hydrogen) atoms. The summed E-state index contributed by atoms with van der Waals surface area (Å²) in [7, 11) is 0. The number of carbonyl (C=O) groups excluding carboxylic acids is 1. The standard InChI is InChI=1S/C19H27N3O3/c23-19(21-9-15-3-1-2-6-20-15)17-13-25-18-12-22(11-16(17)18)10-14-4-7-24-8-5-14/h1-3,6,14,16-18H,4-5,7-13H2,(H,21,23)/t16-,17+,18-/m1/s1. The number of ether oxygens (including phenoxy) is 2. The van der Waals surface area contributed by atoms with Crippen molar-refractivity contribution < 1.29 is 14.3 Å². The third-order valence-corrected chi connectivity index (χ3v) is 5.76. The molecule has 3 aliphatic heterocycles. The molecule has 0 aromatic carbocycles. The van der Waals surface area contributed by atoms with E-state index in [-0.39, 0.29) is 17.9 Å². The summed E-state index contributed by atoms with van der Waals surface area (Å²) in [6.45, 7) is 5.87. The first kappa shape index (κ1) is 16.9. The summed E-state index contributed by atoms with van der Waals surface area (Å²) in [5, 5.41) is 3.03. The van der Waals surface area contributed by atoms with Crippen LogP contribution in [-0.4, -0.2) is 61.3 Å². The molecule has 3 atom stereocenters. The van der Waals surface area contributed by atoms with Crippen molar-refractivity contribution in [3.63, 3.8) is 0 Å². The van der Waals surface area contributed by atoms with E-state index in [1.54, 1.807) is 6.20 Å². The third kappa shape index (κ3) is 4.02. The van der Waals surface area contributed by atoms with Crippen LogP contribution in [0, 0.1) is 17.8 Å². The van der Waals surface area contributed by atoms with Crippen molar-refractivity contribution in [2.45, 2.75) is 25.5 Å². The van der Waals surface area contributed by atoms with Crippen LogP contribution in [-0.2, 0) is 20.8 Å². The summed E-state index contributed by atoms with van der Waals surface area (Å²) in [6.07, 6.45) is 4.27. The molecule has 6 nitrogen and oxygen atoms in total. The number of amides is 1. The number of rotatable bonds is 5. The number of likely N-dealkylation sites (tertiary alicyclic amines) is 1. The van der Waals surface area contributed by atoms with Crippen LogP contribution in [0.2, 0.25) is 0 Å². The number of hydrogen-bond donors (Lipinski definition) is 1. The zero-order valence-corrected chi connectivity index (χ0v) is 14.6. The normalized spacial score (nSPS) is 30.3. The van der Waals surface area contributed by atoms with Crippen molar-refractivity contribution >= 4 is 5.91 Å². The zero-order chi connectivity index (χ0) is 17.1. The SMILES string of the molecule is O=C(NCc1ccccn1)[C@H]1CO[C@@H]2CN(CC3CCOCC3)C[C@H]12. The smallest absolute Gasteiger partial charge is 0.226 e. The number of nitrogens with zero attached hydrogens (tertiary/aromatic N) is 2. The van der Waals surface area contributed by atoms with Gasteiger partial charge in [0.25, 0.3) is 0 Å². The molecule has 0 bridgehead atoms. The van der Waals surface area contributed by atoms with Crippen LogP contribution in [0.5, 0.6) is 0 Å². The molecule has 0 saturated carbocycles. The lowest BCUT2D eigenvalue weighted by Gasteiger charge is -2.27. The van der Waals surface area contributed by atoms with E-state index in [9.17, 15) is 4.79 Å². The van der Waals surface area contributed by atoms with Crippen LogP contribution in [0.15, 0.2) is 24.4 Å². The van der Waals surface area contributed by atoms with Gasteiger partial charge in [0.15, 0.2) is 0 Å². The van der Waals surface area contributed by atoms with E-state index in [1.165, 1.54) is 0 Å². The molecule has 6 heteroatoms. The molecule has 4 rings (SSSR count). The Kier molecular flexibility index (Phi) is 5.29. The minimum atomic E-state index is -0.0339. The lowest BCUT2D eigenvalue weighted by atomic mass is 9.92. The van der Waals surface area contributed by atoms with Crippen molar-refractivity contribution in [1.29, 1.82) is 0 Å². The zero-order valence-electron chi connectivity index (χ0n) is 14.6. The summed E-state index contributed by atoms with van der Waals surface area (Å²) in [5.74, 6) is 1.12. The molecule has 136 valence electrons. The highest BCUT2D eigenvalue weighted by molar-refractivity contribution is 5.79. The quantitative estimate of drug-likeness (QED) is 0.865. The molecule has 0 radical (unpaired) electrons.